The van der Waals surface area contributed by atoms with E-state index in [1.54, 1.807) is 0 Å². The summed E-state index contributed by atoms with van der Waals surface area (Å²) in [5.41, 5.74) is 2.74. The van der Waals surface area contributed by atoms with Gasteiger partial charge in [0, 0.05) is 18.7 Å². The van der Waals surface area contributed by atoms with E-state index in [0.717, 1.165) is 23.3 Å². The number of halogens is 1. The van der Waals surface area contributed by atoms with Crippen molar-refractivity contribution in [3.05, 3.63) is 59.4 Å². The molecule has 0 bridgehead atoms. The summed E-state index contributed by atoms with van der Waals surface area (Å²) in [7, 11) is -3.76. The molecule has 0 saturated carbocycles. The normalized spacial score (nSPS) is 11.3. The zero-order chi connectivity index (χ0) is 17.7. The minimum Gasteiger partial charge on any atom is -0.326 e. The van der Waals surface area contributed by atoms with E-state index in [1.807, 2.05) is 32.0 Å². The molecule has 1 amide bonds. The summed E-state index contributed by atoms with van der Waals surface area (Å²) in [5, 5.41) is 2.75. The summed E-state index contributed by atoms with van der Waals surface area (Å²) < 4.78 is 39.2. The van der Waals surface area contributed by atoms with E-state index in [-0.39, 0.29) is 23.8 Å². The van der Waals surface area contributed by atoms with Crippen LogP contribution in [0.5, 0.6) is 0 Å². The van der Waals surface area contributed by atoms with Crippen molar-refractivity contribution in [2.75, 3.05) is 11.9 Å². The summed E-state index contributed by atoms with van der Waals surface area (Å²) in [5.74, 6) is -0.800. The van der Waals surface area contributed by atoms with Crippen LogP contribution >= 0.6 is 0 Å². The third-order valence-corrected chi connectivity index (χ3v) is 4.90. The first-order valence-electron chi connectivity index (χ1n) is 7.40. The van der Waals surface area contributed by atoms with Crippen molar-refractivity contribution in [1.82, 2.24) is 4.72 Å². The number of carbonyl (C=O) groups excluding carboxylic acids is 1. The maximum Gasteiger partial charge on any atom is 0.240 e. The minimum absolute atomic E-state index is 0.00621. The van der Waals surface area contributed by atoms with Gasteiger partial charge in [-0.15, -0.1) is 0 Å². The van der Waals surface area contributed by atoms with Gasteiger partial charge in [-0.05, 0) is 49.7 Å². The quantitative estimate of drug-likeness (QED) is 0.841. The Hall–Kier alpha value is -2.25. The van der Waals surface area contributed by atoms with E-state index in [9.17, 15) is 17.6 Å². The number of anilines is 1. The largest absolute Gasteiger partial charge is 0.326 e. The maximum absolute atomic E-state index is 12.8. The standard InChI is InChI=1S/C17H19FN2O3S/c1-12-3-8-16(13(2)11-12)20-17(21)9-10-19-24(22,23)15-6-4-14(18)5-7-15/h3-8,11,19H,9-10H2,1-2H3,(H,20,21). The lowest BCUT2D eigenvalue weighted by molar-refractivity contribution is -0.116. The molecule has 2 aromatic carbocycles. The summed E-state index contributed by atoms with van der Waals surface area (Å²) in [6.45, 7) is 3.80. The molecule has 0 aliphatic heterocycles. The van der Waals surface area contributed by atoms with Crippen molar-refractivity contribution in [2.45, 2.75) is 25.2 Å². The maximum atomic E-state index is 12.8. The van der Waals surface area contributed by atoms with Gasteiger partial charge in [0.15, 0.2) is 0 Å². The van der Waals surface area contributed by atoms with Crippen LogP contribution in [0.25, 0.3) is 0 Å². The smallest absolute Gasteiger partial charge is 0.240 e. The van der Waals surface area contributed by atoms with Gasteiger partial charge in [0.2, 0.25) is 15.9 Å². The monoisotopic (exact) mass is 350 g/mol. The highest BCUT2D eigenvalue weighted by molar-refractivity contribution is 7.89. The number of aryl methyl sites for hydroxylation is 2. The van der Waals surface area contributed by atoms with Crippen molar-refractivity contribution >= 4 is 21.6 Å². The molecule has 5 nitrogen and oxygen atoms in total. The second-order valence-corrected chi connectivity index (χ2v) is 7.24. The van der Waals surface area contributed by atoms with Crippen LogP contribution in [0, 0.1) is 19.7 Å². The molecule has 2 N–H and O–H groups in total. The van der Waals surface area contributed by atoms with E-state index in [1.165, 1.54) is 12.1 Å². The summed E-state index contributed by atoms with van der Waals surface area (Å²) >= 11 is 0. The molecule has 0 spiro atoms. The van der Waals surface area contributed by atoms with Gasteiger partial charge in [-0.2, -0.15) is 0 Å². The van der Waals surface area contributed by atoms with E-state index < -0.39 is 15.8 Å². The third-order valence-electron chi connectivity index (χ3n) is 3.42. The van der Waals surface area contributed by atoms with Gasteiger partial charge in [-0.1, -0.05) is 17.7 Å². The molecule has 128 valence electrons. The van der Waals surface area contributed by atoms with E-state index in [4.69, 9.17) is 0 Å². The molecule has 24 heavy (non-hydrogen) atoms. The van der Waals surface area contributed by atoms with Crippen LogP contribution in [0.1, 0.15) is 17.5 Å². The first kappa shape index (κ1) is 18.1. The molecule has 0 aromatic heterocycles. The lowest BCUT2D eigenvalue weighted by Crippen LogP contribution is -2.28. The van der Waals surface area contributed by atoms with Gasteiger partial charge < -0.3 is 5.32 Å². The number of hydrogen-bond acceptors (Lipinski definition) is 3. The zero-order valence-electron chi connectivity index (χ0n) is 13.5. The van der Waals surface area contributed by atoms with Crippen molar-refractivity contribution in [1.29, 1.82) is 0 Å². The van der Waals surface area contributed by atoms with Crippen LogP contribution in [0.4, 0.5) is 10.1 Å². The van der Waals surface area contributed by atoms with Gasteiger partial charge in [0.25, 0.3) is 0 Å². The Morgan fingerprint density at radius 3 is 2.38 bits per heavy atom. The van der Waals surface area contributed by atoms with Crippen LogP contribution in [0.15, 0.2) is 47.4 Å². The number of hydrogen-bond donors (Lipinski definition) is 2. The molecule has 0 saturated heterocycles. The van der Waals surface area contributed by atoms with Gasteiger partial charge >= 0.3 is 0 Å². The number of sulfonamides is 1. The van der Waals surface area contributed by atoms with Crippen molar-refractivity contribution in [2.24, 2.45) is 0 Å². The molecule has 7 heteroatoms. The number of nitrogens with one attached hydrogen (secondary N) is 2. The zero-order valence-corrected chi connectivity index (χ0v) is 14.3. The molecule has 0 radical (unpaired) electrons. The van der Waals surface area contributed by atoms with E-state index in [0.29, 0.717) is 5.69 Å². The number of benzene rings is 2. The van der Waals surface area contributed by atoms with Crippen LogP contribution in [0.3, 0.4) is 0 Å². The van der Waals surface area contributed by atoms with E-state index >= 15 is 0 Å². The molecule has 0 atom stereocenters. The Bertz CT molecular complexity index is 833. The van der Waals surface area contributed by atoms with Crippen LogP contribution in [0.2, 0.25) is 0 Å². The highest BCUT2D eigenvalue weighted by Crippen LogP contribution is 2.16. The number of rotatable bonds is 6. The first-order chi connectivity index (χ1) is 11.3. The molecule has 0 aliphatic rings. The Balaban J connectivity index is 1.89. The molecule has 0 unspecified atom stereocenters. The van der Waals surface area contributed by atoms with Gasteiger partial charge in [-0.25, -0.2) is 17.5 Å². The van der Waals surface area contributed by atoms with E-state index in [2.05, 4.69) is 10.0 Å². The van der Waals surface area contributed by atoms with Crippen molar-refractivity contribution in [3.8, 4) is 0 Å². The fourth-order valence-electron chi connectivity index (χ4n) is 2.16. The third kappa shape index (κ3) is 4.87. The van der Waals surface area contributed by atoms with Crippen LogP contribution in [-0.4, -0.2) is 20.9 Å². The fraction of sp³-hybridized carbons (Fsp3) is 0.235. The Morgan fingerprint density at radius 2 is 1.75 bits per heavy atom. The molecular weight excluding hydrogens is 331 g/mol. The van der Waals surface area contributed by atoms with Crippen LogP contribution in [-0.2, 0) is 14.8 Å². The average molecular weight is 350 g/mol. The number of amides is 1. The van der Waals surface area contributed by atoms with Crippen molar-refractivity contribution < 1.29 is 17.6 Å². The van der Waals surface area contributed by atoms with Gasteiger partial charge in [0.1, 0.15) is 5.82 Å². The Morgan fingerprint density at radius 1 is 1.08 bits per heavy atom. The second-order valence-electron chi connectivity index (χ2n) is 5.47. The highest BCUT2D eigenvalue weighted by Gasteiger charge is 2.14. The summed E-state index contributed by atoms with van der Waals surface area (Å²) in [4.78, 5) is 11.9. The summed E-state index contributed by atoms with van der Waals surface area (Å²) in [6, 6.07) is 10.1. The second kappa shape index (κ2) is 7.55. The predicted molar refractivity (Wildman–Crippen MR) is 90.8 cm³/mol. The predicted octanol–water partition coefficient (Wildman–Crippen LogP) is 2.75. The lowest BCUT2D eigenvalue weighted by atomic mass is 10.1. The summed E-state index contributed by atoms with van der Waals surface area (Å²) in [6.07, 6.45) is -0.00621. The lowest BCUT2D eigenvalue weighted by Gasteiger charge is -2.10. The molecule has 0 heterocycles. The Labute approximate surface area is 141 Å². The first-order valence-corrected chi connectivity index (χ1v) is 8.88. The molecular formula is C17H19FN2O3S. The molecule has 0 aliphatic carbocycles. The van der Waals surface area contributed by atoms with Crippen molar-refractivity contribution in [3.63, 3.8) is 0 Å². The average Bonchev–Trinajstić information content (AvgIpc) is 2.50. The molecule has 2 rings (SSSR count). The Kier molecular flexibility index (Phi) is 5.69. The van der Waals surface area contributed by atoms with Gasteiger partial charge in [0.05, 0.1) is 4.90 Å². The fourth-order valence-corrected chi connectivity index (χ4v) is 3.19. The minimum atomic E-state index is -3.76. The highest BCUT2D eigenvalue weighted by atomic mass is 32.2. The number of carbonyl (C=O) groups is 1. The van der Waals surface area contributed by atoms with Gasteiger partial charge in [-0.3, -0.25) is 4.79 Å². The van der Waals surface area contributed by atoms with Crippen LogP contribution < -0.4 is 10.0 Å². The molecule has 0 fully saturated rings. The topological polar surface area (TPSA) is 75.3 Å². The SMILES string of the molecule is Cc1ccc(NC(=O)CCNS(=O)(=O)c2ccc(F)cc2)c(C)c1. The molecule has 2 aromatic rings.